The topological polar surface area (TPSA) is 95.7 Å². The monoisotopic (exact) mass is 395 g/mol. The minimum Gasteiger partial charge on any atom is -0.361 e. The molecule has 1 aliphatic rings. The van der Waals surface area contributed by atoms with E-state index in [0.29, 0.717) is 18.8 Å². The van der Waals surface area contributed by atoms with E-state index >= 15 is 0 Å². The lowest BCUT2D eigenvalue weighted by molar-refractivity contribution is 0.0703. The van der Waals surface area contributed by atoms with E-state index in [0.717, 1.165) is 35.9 Å². The molecule has 29 heavy (non-hydrogen) atoms. The third-order valence-electron chi connectivity index (χ3n) is 5.21. The van der Waals surface area contributed by atoms with Crippen molar-refractivity contribution in [2.45, 2.75) is 18.8 Å². The van der Waals surface area contributed by atoms with Gasteiger partial charge in [-0.1, -0.05) is 0 Å². The molecular weight excluding hydrogens is 370 g/mol. The van der Waals surface area contributed by atoms with Crippen LogP contribution in [-0.2, 0) is 0 Å². The molecule has 3 aromatic heterocycles. The van der Waals surface area contributed by atoms with Crippen LogP contribution >= 0.6 is 0 Å². The summed E-state index contributed by atoms with van der Waals surface area (Å²) in [5, 5.41) is 21.5. The molecule has 0 N–H and O–H groups in total. The van der Waals surface area contributed by atoms with Crippen molar-refractivity contribution in [2.24, 2.45) is 0 Å². The fourth-order valence-electron chi connectivity index (χ4n) is 3.47. The van der Waals surface area contributed by atoms with Gasteiger partial charge in [-0.25, -0.2) is 0 Å². The number of amides is 1. The number of hydrogen-bond acceptors (Lipinski definition) is 8. The van der Waals surface area contributed by atoms with Gasteiger partial charge in [-0.05, 0) is 37.1 Å². The Labute approximate surface area is 169 Å². The van der Waals surface area contributed by atoms with Crippen molar-refractivity contribution in [2.75, 3.05) is 51.1 Å². The first-order valence-corrected chi connectivity index (χ1v) is 9.64. The summed E-state index contributed by atoms with van der Waals surface area (Å²) in [6, 6.07) is 7.39. The number of rotatable bonds is 4. The summed E-state index contributed by atoms with van der Waals surface area (Å²) in [6.07, 6.45) is 1.62. The Morgan fingerprint density at radius 1 is 0.897 bits per heavy atom. The van der Waals surface area contributed by atoms with E-state index in [1.165, 1.54) is 0 Å². The van der Waals surface area contributed by atoms with Gasteiger partial charge in [-0.2, -0.15) is 4.52 Å². The molecule has 0 spiro atoms. The highest BCUT2D eigenvalue weighted by Gasteiger charge is 2.28. The van der Waals surface area contributed by atoms with Crippen LogP contribution < -0.4 is 9.80 Å². The molecule has 0 unspecified atom stereocenters. The second-order valence-electron chi connectivity index (χ2n) is 7.65. The predicted molar refractivity (Wildman–Crippen MR) is 109 cm³/mol. The Bertz CT molecular complexity index is 1000. The SMILES string of the molecule is CN(C)c1ccc(C(=O)N2CCC(c3nnc4ccc(N(C)C)nn34)CC2)nn1. The average Bonchev–Trinajstić information content (AvgIpc) is 3.16. The Hall–Kier alpha value is -3.30. The summed E-state index contributed by atoms with van der Waals surface area (Å²) >= 11 is 0. The van der Waals surface area contributed by atoms with Crippen LogP contribution in [0, 0.1) is 0 Å². The van der Waals surface area contributed by atoms with E-state index in [1.807, 2.05) is 65.6 Å². The Balaban J connectivity index is 1.46. The average molecular weight is 395 g/mol. The van der Waals surface area contributed by atoms with Crippen molar-refractivity contribution in [3.05, 3.63) is 35.8 Å². The van der Waals surface area contributed by atoms with Gasteiger partial charge < -0.3 is 14.7 Å². The first-order valence-electron chi connectivity index (χ1n) is 9.64. The van der Waals surface area contributed by atoms with Crippen LogP contribution in [0.2, 0.25) is 0 Å². The van der Waals surface area contributed by atoms with Crippen LogP contribution in [0.5, 0.6) is 0 Å². The summed E-state index contributed by atoms with van der Waals surface area (Å²) < 4.78 is 1.82. The summed E-state index contributed by atoms with van der Waals surface area (Å²) in [7, 11) is 7.69. The lowest BCUT2D eigenvalue weighted by atomic mass is 9.96. The van der Waals surface area contributed by atoms with E-state index in [1.54, 1.807) is 6.07 Å². The third kappa shape index (κ3) is 3.69. The number of aromatic nitrogens is 6. The molecule has 1 aliphatic heterocycles. The lowest BCUT2D eigenvalue weighted by Crippen LogP contribution is -2.38. The van der Waals surface area contributed by atoms with Crippen molar-refractivity contribution < 1.29 is 4.79 Å². The molecule has 1 saturated heterocycles. The van der Waals surface area contributed by atoms with Crippen LogP contribution in [0.3, 0.4) is 0 Å². The quantitative estimate of drug-likeness (QED) is 0.647. The summed E-state index contributed by atoms with van der Waals surface area (Å²) in [6.45, 7) is 1.28. The summed E-state index contributed by atoms with van der Waals surface area (Å²) in [5.74, 6) is 2.56. The molecule has 1 amide bonds. The molecule has 10 heteroatoms. The molecule has 1 fully saturated rings. The van der Waals surface area contributed by atoms with Gasteiger partial charge in [0.2, 0.25) is 0 Å². The number of carbonyl (C=O) groups excluding carboxylic acids is 1. The Morgan fingerprint density at radius 2 is 1.59 bits per heavy atom. The first-order chi connectivity index (χ1) is 13.9. The predicted octanol–water partition coefficient (Wildman–Crippen LogP) is 1.07. The van der Waals surface area contributed by atoms with Gasteiger partial charge in [0, 0.05) is 47.2 Å². The largest absolute Gasteiger partial charge is 0.361 e. The number of nitrogens with zero attached hydrogens (tertiary/aromatic N) is 9. The Kier molecular flexibility index (Phi) is 4.99. The van der Waals surface area contributed by atoms with Gasteiger partial charge in [0.15, 0.2) is 23.0 Å². The zero-order valence-corrected chi connectivity index (χ0v) is 17.1. The minimum absolute atomic E-state index is 0.0830. The number of fused-ring (bicyclic) bond motifs is 1. The van der Waals surface area contributed by atoms with E-state index < -0.39 is 0 Å². The van der Waals surface area contributed by atoms with Gasteiger partial charge in [-0.3, -0.25) is 4.79 Å². The molecule has 0 aromatic carbocycles. The molecular formula is C19H25N9O. The second-order valence-corrected chi connectivity index (χ2v) is 7.65. The lowest BCUT2D eigenvalue weighted by Gasteiger charge is -2.30. The zero-order chi connectivity index (χ0) is 20.5. The maximum Gasteiger partial charge on any atom is 0.274 e. The van der Waals surface area contributed by atoms with E-state index in [4.69, 9.17) is 0 Å². The van der Waals surface area contributed by atoms with Crippen LogP contribution in [-0.4, -0.2) is 82.1 Å². The van der Waals surface area contributed by atoms with Crippen molar-refractivity contribution in [1.82, 2.24) is 34.9 Å². The molecule has 3 aromatic rings. The van der Waals surface area contributed by atoms with Gasteiger partial charge >= 0.3 is 0 Å². The fraction of sp³-hybridized carbons (Fsp3) is 0.474. The smallest absolute Gasteiger partial charge is 0.274 e. The van der Waals surface area contributed by atoms with E-state index in [-0.39, 0.29) is 11.8 Å². The number of likely N-dealkylation sites (tertiary alicyclic amines) is 1. The van der Waals surface area contributed by atoms with Gasteiger partial charge in [-0.15, -0.1) is 25.5 Å². The fourth-order valence-corrected chi connectivity index (χ4v) is 3.47. The maximum atomic E-state index is 12.8. The highest BCUT2D eigenvalue weighted by atomic mass is 16.2. The number of anilines is 2. The molecule has 0 radical (unpaired) electrons. The molecule has 4 heterocycles. The van der Waals surface area contributed by atoms with Gasteiger partial charge in [0.1, 0.15) is 5.82 Å². The highest BCUT2D eigenvalue weighted by Crippen LogP contribution is 2.28. The molecule has 0 aliphatic carbocycles. The van der Waals surface area contributed by atoms with Crippen LogP contribution in [0.25, 0.3) is 5.65 Å². The van der Waals surface area contributed by atoms with Crippen molar-refractivity contribution in [3.63, 3.8) is 0 Å². The van der Waals surface area contributed by atoms with Gasteiger partial charge in [0.05, 0.1) is 0 Å². The van der Waals surface area contributed by atoms with Crippen molar-refractivity contribution in [3.8, 4) is 0 Å². The molecule has 0 atom stereocenters. The number of carbonyl (C=O) groups is 1. The summed E-state index contributed by atoms with van der Waals surface area (Å²) in [5.41, 5.74) is 1.11. The Morgan fingerprint density at radius 3 is 2.21 bits per heavy atom. The van der Waals surface area contributed by atoms with Crippen LogP contribution in [0.1, 0.15) is 35.1 Å². The van der Waals surface area contributed by atoms with Crippen LogP contribution in [0.15, 0.2) is 24.3 Å². The molecule has 0 bridgehead atoms. The summed E-state index contributed by atoms with van der Waals surface area (Å²) in [4.78, 5) is 18.4. The van der Waals surface area contributed by atoms with Crippen LogP contribution in [0.4, 0.5) is 11.6 Å². The first kappa shape index (κ1) is 19.0. The highest BCUT2D eigenvalue weighted by molar-refractivity contribution is 5.92. The maximum absolute atomic E-state index is 12.8. The van der Waals surface area contributed by atoms with Crippen molar-refractivity contribution in [1.29, 1.82) is 0 Å². The molecule has 152 valence electrons. The molecule has 10 nitrogen and oxygen atoms in total. The van der Waals surface area contributed by atoms with Gasteiger partial charge in [0.25, 0.3) is 5.91 Å². The minimum atomic E-state index is -0.0830. The third-order valence-corrected chi connectivity index (χ3v) is 5.21. The second kappa shape index (κ2) is 7.61. The molecule has 4 rings (SSSR count). The number of hydrogen-bond donors (Lipinski definition) is 0. The standard InChI is InChI=1S/C19H25N9O/c1-25(2)15-6-5-14(20-21-15)19(29)27-11-9-13(10-12-27)18-23-22-16-7-8-17(26(3)4)24-28(16)18/h5-8,13H,9-12H2,1-4H3. The zero-order valence-electron chi connectivity index (χ0n) is 17.1. The normalized spacial score (nSPS) is 15.0. The molecule has 0 saturated carbocycles. The van der Waals surface area contributed by atoms with E-state index in [9.17, 15) is 4.79 Å². The number of piperidine rings is 1. The van der Waals surface area contributed by atoms with E-state index in [2.05, 4.69) is 25.5 Å². The van der Waals surface area contributed by atoms with Crippen molar-refractivity contribution >= 4 is 23.2 Å².